The van der Waals surface area contributed by atoms with Gasteiger partial charge in [0.2, 0.25) is 0 Å². The van der Waals surface area contributed by atoms with E-state index in [0.29, 0.717) is 5.56 Å². The molecule has 0 spiro atoms. The number of carbonyl (C=O) groups excluding carboxylic acids is 1. The van der Waals surface area contributed by atoms with Gasteiger partial charge in [0.25, 0.3) is 0 Å². The first-order valence-electron chi connectivity index (χ1n) is 5.05. The number of ketones is 1. The van der Waals surface area contributed by atoms with Crippen LogP contribution in [0.3, 0.4) is 0 Å². The maximum Gasteiger partial charge on any atom is 0.411 e. The average molecular weight is 235 g/mol. The summed E-state index contributed by atoms with van der Waals surface area (Å²) in [5, 5.41) is 9.00. The molecule has 2 rings (SSSR count). The largest absolute Gasteiger partial charge is 0.465 e. The molecule has 1 heterocycles. The number of hydrogen-bond donors (Lipinski definition) is 1. The topological polar surface area (TPSA) is 57.6 Å². The highest BCUT2D eigenvalue weighted by molar-refractivity contribution is 5.92. The van der Waals surface area contributed by atoms with Crippen molar-refractivity contribution in [3.63, 3.8) is 0 Å². The lowest BCUT2D eigenvalue weighted by Gasteiger charge is -2.28. The van der Waals surface area contributed by atoms with Crippen LogP contribution in [-0.2, 0) is 4.79 Å². The SMILES string of the molecule is O=C1C=CN(C(=O)O)C(c2ccc(F)cc2)C1. The molecular weight excluding hydrogens is 225 g/mol. The predicted molar refractivity (Wildman–Crippen MR) is 57.8 cm³/mol. The minimum Gasteiger partial charge on any atom is -0.465 e. The minimum absolute atomic E-state index is 0.0778. The maximum atomic E-state index is 12.8. The van der Waals surface area contributed by atoms with E-state index < -0.39 is 18.0 Å². The van der Waals surface area contributed by atoms with Crippen molar-refractivity contribution < 1.29 is 19.1 Å². The number of carboxylic acid groups (broad SMARTS) is 1. The quantitative estimate of drug-likeness (QED) is 0.812. The van der Waals surface area contributed by atoms with Crippen molar-refractivity contribution in [3.8, 4) is 0 Å². The Labute approximate surface area is 97.0 Å². The van der Waals surface area contributed by atoms with E-state index in [9.17, 15) is 14.0 Å². The number of rotatable bonds is 1. The van der Waals surface area contributed by atoms with Crippen LogP contribution in [0.2, 0.25) is 0 Å². The van der Waals surface area contributed by atoms with Gasteiger partial charge >= 0.3 is 6.09 Å². The van der Waals surface area contributed by atoms with Crippen molar-refractivity contribution in [3.05, 3.63) is 47.9 Å². The molecule has 1 aromatic rings. The highest BCUT2D eigenvalue weighted by Crippen LogP contribution is 2.28. The van der Waals surface area contributed by atoms with Crippen molar-refractivity contribution in [2.45, 2.75) is 12.5 Å². The van der Waals surface area contributed by atoms with E-state index in [4.69, 9.17) is 5.11 Å². The number of benzene rings is 1. The Morgan fingerprint density at radius 3 is 2.59 bits per heavy atom. The van der Waals surface area contributed by atoms with Gasteiger partial charge in [-0.1, -0.05) is 12.1 Å². The lowest BCUT2D eigenvalue weighted by Crippen LogP contribution is -2.33. The Morgan fingerprint density at radius 2 is 2.00 bits per heavy atom. The summed E-state index contributed by atoms with van der Waals surface area (Å²) < 4.78 is 12.8. The molecular formula is C12H10FNO3. The molecule has 1 aliphatic heterocycles. The van der Waals surface area contributed by atoms with Gasteiger partial charge in [-0.15, -0.1) is 0 Å². The monoisotopic (exact) mass is 235 g/mol. The molecule has 88 valence electrons. The molecule has 0 aromatic heterocycles. The fourth-order valence-electron chi connectivity index (χ4n) is 1.78. The molecule has 1 aliphatic rings. The van der Waals surface area contributed by atoms with Gasteiger partial charge in [-0.2, -0.15) is 0 Å². The number of hydrogen-bond acceptors (Lipinski definition) is 2. The second-order valence-electron chi connectivity index (χ2n) is 3.74. The van der Waals surface area contributed by atoms with Crippen LogP contribution >= 0.6 is 0 Å². The second-order valence-corrected chi connectivity index (χ2v) is 3.74. The molecule has 0 fully saturated rings. The highest BCUT2D eigenvalue weighted by atomic mass is 19.1. The fourth-order valence-corrected chi connectivity index (χ4v) is 1.78. The van der Waals surface area contributed by atoms with Gasteiger partial charge < -0.3 is 5.11 Å². The van der Waals surface area contributed by atoms with E-state index in [1.807, 2.05) is 0 Å². The van der Waals surface area contributed by atoms with Crippen molar-refractivity contribution in [2.75, 3.05) is 0 Å². The van der Waals surface area contributed by atoms with Crippen molar-refractivity contribution in [2.24, 2.45) is 0 Å². The molecule has 1 amide bonds. The molecule has 1 N–H and O–H groups in total. The molecule has 5 heteroatoms. The Balaban J connectivity index is 2.34. The summed E-state index contributed by atoms with van der Waals surface area (Å²) in [7, 11) is 0. The lowest BCUT2D eigenvalue weighted by atomic mass is 9.98. The van der Waals surface area contributed by atoms with Gasteiger partial charge in [-0.3, -0.25) is 9.69 Å². The molecule has 0 bridgehead atoms. The Hall–Kier alpha value is -2.17. The summed E-state index contributed by atoms with van der Waals surface area (Å²) in [6.07, 6.45) is 1.41. The van der Waals surface area contributed by atoms with E-state index >= 15 is 0 Å². The molecule has 17 heavy (non-hydrogen) atoms. The average Bonchev–Trinajstić information content (AvgIpc) is 2.29. The summed E-state index contributed by atoms with van der Waals surface area (Å²) in [5.74, 6) is -0.537. The van der Waals surface area contributed by atoms with Gasteiger partial charge in [0.1, 0.15) is 5.82 Å². The minimum atomic E-state index is -1.14. The van der Waals surface area contributed by atoms with Crippen molar-refractivity contribution in [1.82, 2.24) is 4.90 Å². The third-order valence-corrected chi connectivity index (χ3v) is 2.63. The summed E-state index contributed by atoms with van der Waals surface area (Å²) >= 11 is 0. The number of allylic oxidation sites excluding steroid dienone is 1. The first kappa shape index (κ1) is 11.3. The number of amides is 1. The first-order chi connectivity index (χ1) is 8.08. The number of carbonyl (C=O) groups is 2. The Kier molecular flexibility index (Phi) is 2.91. The van der Waals surface area contributed by atoms with Gasteiger partial charge in [0, 0.05) is 12.6 Å². The summed E-state index contributed by atoms with van der Waals surface area (Å²) in [5.41, 5.74) is 0.603. The molecule has 0 saturated heterocycles. The van der Waals surface area contributed by atoms with Crippen LogP contribution < -0.4 is 0 Å². The first-order valence-corrected chi connectivity index (χ1v) is 5.05. The zero-order chi connectivity index (χ0) is 12.4. The zero-order valence-corrected chi connectivity index (χ0v) is 8.84. The third kappa shape index (κ3) is 2.33. The van der Waals surface area contributed by atoms with Crippen molar-refractivity contribution >= 4 is 11.9 Å². The normalized spacial score (nSPS) is 19.5. The molecule has 0 radical (unpaired) electrons. The summed E-state index contributed by atoms with van der Waals surface area (Å²) in [6, 6.07) is 4.90. The van der Waals surface area contributed by atoms with Gasteiger partial charge in [0.15, 0.2) is 5.78 Å². The second kappa shape index (κ2) is 4.37. The van der Waals surface area contributed by atoms with E-state index in [1.165, 1.54) is 36.5 Å². The van der Waals surface area contributed by atoms with Gasteiger partial charge in [0.05, 0.1) is 6.04 Å². The smallest absolute Gasteiger partial charge is 0.411 e. The molecule has 0 saturated carbocycles. The molecule has 1 unspecified atom stereocenters. The number of halogens is 1. The fraction of sp³-hybridized carbons (Fsp3) is 0.167. The van der Waals surface area contributed by atoms with Crippen LogP contribution in [0, 0.1) is 5.82 Å². The van der Waals surface area contributed by atoms with Crippen LogP contribution in [0.25, 0.3) is 0 Å². The van der Waals surface area contributed by atoms with Crippen LogP contribution in [0.15, 0.2) is 36.5 Å². The van der Waals surface area contributed by atoms with E-state index in [-0.39, 0.29) is 12.2 Å². The van der Waals surface area contributed by atoms with Gasteiger partial charge in [-0.25, -0.2) is 9.18 Å². The van der Waals surface area contributed by atoms with E-state index in [0.717, 1.165) is 4.90 Å². The predicted octanol–water partition coefficient (Wildman–Crippen LogP) is 2.33. The molecule has 4 nitrogen and oxygen atoms in total. The van der Waals surface area contributed by atoms with Gasteiger partial charge in [-0.05, 0) is 23.8 Å². The van der Waals surface area contributed by atoms with E-state index in [1.54, 1.807) is 0 Å². The number of nitrogens with zero attached hydrogens (tertiary/aromatic N) is 1. The van der Waals surface area contributed by atoms with Crippen LogP contribution in [0.4, 0.5) is 9.18 Å². The summed E-state index contributed by atoms with van der Waals surface area (Å²) in [6.45, 7) is 0. The third-order valence-electron chi connectivity index (χ3n) is 2.63. The van der Waals surface area contributed by atoms with Crippen molar-refractivity contribution in [1.29, 1.82) is 0 Å². The Morgan fingerprint density at radius 1 is 1.35 bits per heavy atom. The maximum absolute atomic E-state index is 12.8. The van der Waals surface area contributed by atoms with Crippen LogP contribution in [-0.4, -0.2) is 21.9 Å². The lowest BCUT2D eigenvalue weighted by molar-refractivity contribution is -0.116. The molecule has 1 atom stereocenters. The summed E-state index contributed by atoms with van der Waals surface area (Å²) in [4.78, 5) is 23.4. The zero-order valence-electron chi connectivity index (χ0n) is 8.84. The Bertz CT molecular complexity index is 481. The molecule has 1 aromatic carbocycles. The van der Waals surface area contributed by atoms with E-state index in [2.05, 4.69) is 0 Å². The highest BCUT2D eigenvalue weighted by Gasteiger charge is 2.28. The van der Waals surface area contributed by atoms with Crippen LogP contribution in [0.5, 0.6) is 0 Å². The standard InChI is InChI=1S/C12H10FNO3/c13-9-3-1-8(2-4-9)11-7-10(15)5-6-14(11)12(16)17/h1-6,11H,7H2,(H,16,17). The van der Waals surface area contributed by atoms with Crippen LogP contribution in [0.1, 0.15) is 18.0 Å². The molecule has 0 aliphatic carbocycles.